The second kappa shape index (κ2) is 7.60. The molecule has 0 spiro atoms. The number of aryl methyl sites for hydroxylation is 1. The minimum absolute atomic E-state index is 0.0986. The highest BCUT2D eigenvalue weighted by molar-refractivity contribution is 8.05. The fourth-order valence-corrected chi connectivity index (χ4v) is 3.88. The first-order chi connectivity index (χ1) is 12.0. The van der Waals surface area contributed by atoms with Crippen molar-refractivity contribution in [3.63, 3.8) is 0 Å². The van der Waals surface area contributed by atoms with Gasteiger partial charge in [0.25, 0.3) is 5.91 Å². The van der Waals surface area contributed by atoms with Gasteiger partial charge in [0.2, 0.25) is 0 Å². The van der Waals surface area contributed by atoms with Crippen LogP contribution in [0.4, 0.5) is 5.69 Å². The number of hydrogen-bond donors (Lipinski definition) is 3. The third kappa shape index (κ3) is 4.24. The van der Waals surface area contributed by atoms with Crippen molar-refractivity contribution in [3.8, 4) is 5.75 Å². The molecule has 1 aliphatic rings. The smallest absolute Gasteiger partial charge is 0.260 e. The highest BCUT2D eigenvalue weighted by Gasteiger charge is 2.27. The Hall–Kier alpha value is -1.82. The number of phenols is 1. The number of nitrogens with one attached hydrogen (secondary N) is 2. The Labute approximate surface area is 160 Å². The highest BCUT2D eigenvalue weighted by Crippen LogP contribution is 2.36. The lowest BCUT2D eigenvalue weighted by molar-refractivity contribution is -0.116. The third-order valence-electron chi connectivity index (χ3n) is 3.74. The van der Waals surface area contributed by atoms with Gasteiger partial charge < -0.3 is 15.7 Å². The van der Waals surface area contributed by atoms with Crippen molar-refractivity contribution in [2.75, 3.05) is 5.32 Å². The van der Waals surface area contributed by atoms with E-state index in [0.717, 1.165) is 12.1 Å². The molecule has 7 heteroatoms. The van der Waals surface area contributed by atoms with E-state index in [0.29, 0.717) is 15.5 Å². The molecular formula is C18H16Cl2N2O2S. The van der Waals surface area contributed by atoms with E-state index in [2.05, 4.69) is 17.6 Å². The molecule has 0 bridgehead atoms. The van der Waals surface area contributed by atoms with Gasteiger partial charge in [0.1, 0.15) is 5.75 Å². The van der Waals surface area contributed by atoms with Gasteiger partial charge in [-0.3, -0.25) is 4.79 Å². The second-order valence-corrected chi connectivity index (χ2v) is 7.49. The summed E-state index contributed by atoms with van der Waals surface area (Å²) >= 11 is 13.2. The summed E-state index contributed by atoms with van der Waals surface area (Å²) in [5.41, 5.74) is 2.29. The molecule has 0 radical (unpaired) electrons. The van der Waals surface area contributed by atoms with Crippen molar-refractivity contribution in [1.82, 2.24) is 5.32 Å². The summed E-state index contributed by atoms with van der Waals surface area (Å²) in [7, 11) is 0. The lowest BCUT2D eigenvalue weighted by Crippen LogP contribution is -2.30. The third-order valence-corrected chi connectivity index (χ3v) is 5.27. The number of carbonyl (C=O) groups is 1. The van der Waals surface area contributed by atoms with Crippen LogP contribution in [0, 0.1) is 0 Å². The predicted molar refractivity (Wildman–Crippen MR) is 105 cm³/mol. The number of carbonyl (C=O) groups excluding carboxylic acids is 1. The fourth-order valence-electron chi connectivity index (χ4n) is 2.39. The molecule has 2 aromatic rings. The number of halogens is 2. The topological polar surface area (TPSA) is 61.4 Å². The van der Waals surface area contributed by atoms with Gasteiger partial charge in [-0.15, -0.1) is 0 Å². The van der Waals surface area contributed by atoms with Crippen molar-refractivity contribution in [2.45, 2.75) is 18.8 Å². The average Bonchev–Trinajstić information content (AvgIpc) is 2.92. The van der Waals surface area contributed by atoms with Crippen molar-refractivity contribution >= 4 is 52.6 Å². The lowest BCUT2D eigenvalue weighted by atomic mass is 10.1. The molecule has 1 fully saturated rings. The molecule has 1 amide bonds. The van der Waals surface area contributed by atoms with E-state index in [1.165, 1.54) is 23.4 Å². The number of thioether (sulfide) groups is 1. The Balaban J connectivity index is 1.76. The quantitative estimate of drug-likeness (QED) is 0.647. The van der Waals surface area contributed by atoms with E-state index in [9.17, 15) is 9.90 Å². The standard InChI is InChI=1S/C18H16Cl2N2O2S/c1-2-10-3-5-13(6-4-10)21-18-22-17(24)15(25-18)8-11-7-12(19)9-14(20)16(11)23/h3-9,18,21,23H,2H2,1H3,(H,22,24)/b15-8-/t18-/m0/s1. The number of anilines is 1. The minimum Gasteiger partial charge on any atom is -0.506 e. The molecular weight excluding hydrogens is 379 g/mol. The van der Waals surface area contributed by atoms with Crippen LogP contribution in [0.3, 0.4) is 0 Å². The molecule has 3 rings (SSSR count). The molecule has 25 heavy (non-hydrogen) atoms. The molecule has 4 nitrogen and oxygen atoms in total. The maximum Gasteiger partial charge on any atom is 0.260 e. The Kier molecular flexibility index (Phi) is 5.47. The van der Waals surface area contributed by atoms with Gasteiger partial charge in [0, 0.05) is 16.3 Å². The van der Waals surface area contributed by atoms with E-state index < -0.39 is 0 Å². The zero-order valence-corrected chi connectivity index (χ0v) is 15.7. The van der Waals surface area contributed by atoms with Crippen LogP contribution >= 0.6 is 35.0 Å². The Bertz CT molecular complexity index is 838. The first-order valence-electron chi connectivity index (χ1n) is 7.69. The molecule has 0 unspecified atom stereocenters. The highest BCUT2D eigenvalue weighted by atomic mass is 35.5. The van der Waals surface area contributed by atoms with Crippen LogP contribution in [0.1, 0.15) is 18.1 Å². The molecule has 130 valence electrons. The summed E-state index contributed by atoms with van der Waals surface area (Å²) in [5, 5.41) is 16.7. The number of rotatable bonds is 4. The number of amides is 1. The molecule has 1 heterocycles. The summed E-state index contributed by atoms with van der Waals surface area (Å²) in [5.74, 6) is -0.318. The van der Waals surface area contributed by atoms with Crippen LogP contribution in [0.5, 0.6) is 5.75 Å². The molecule has 0 aliphatic carbocycles. The number of aromatic hydroxyl groups is 1. The lowest BCUT2D eigenvalue weighted by Gasteiger charge is -2.12. The van der Waals surface area contributed by atoms with Crippen molar-refractivity contribution in [3.05, 3.63) is 62.5 Å². The van der Waals surface area contributed by atoms with E-state index in [1.54, 1.807) is 12.1 Å². The summed E-state index contributed by atoms with van der Waals surface area (Å²) in [6.07, 6.45) is 2.56. The zero-order valence-electron chi connectivity index (χ0n) is 13.3. The average molecular weight is 395 g/mol. The summed E-state index contributed by atoms with van der Waals surface area (Å²) in [4.78, 5) is 12.6. The fraction of sp³-hybridized carbons (Fsp3) is 0.167. The number of phenolic OH excluding ortho intramolecular Hbond substituents is 1. The van der Waals surface area contributed by atoms with Gasteiger partial charge in [-0.1, -0.05) is 54.0 Å². The Morgan fingerprint density at radius 2 is 2.00 bits per heavy atom. The Morgan fingerprint density at radius 3 is 2.68 bits per heavy atom. The maximum absolute atomic E-state index is 12.2. The summed E-state index contributed by atoms with van der Waals surface area (Å²) in [6, 6.07) is 11.1. The van der Waals surface area contributed by atoms with Gasteiger partial charge in [-0.2, -0.15) is 0 Å². The minimum atomic E-state index is -0.289. The van der Waals surface area contributed by atoms with Crippen LogP contribution in [0.15, 0.2) is 41.3 Å². The van der Waals surface area contributed by atoms with Gasteiger partial charge in [0.05, 0.1) is 9.93 Å². The van der Waals surface area contributed by atoms with E-state index >= 15 is 0 Å². The Morgan fingerprint density at radius 1 is 1.28 bits per heavy atom. The van der Waals surface area contributed by atoms with Crippen LogP contribution < -0.4 is 10.6 Å². The molecule has 1 aliphatic heterocycles. The van der Waals surface area contributed by atoms with Crippen molar-refractivity contribution < 1.29 is 9.90 Å². The molecule has 3 N–H and O–H groups in total. The summed E-state index contributed by atoms with van der Waals surface area (Å²) in [6.45, 7) is 2.10. The van der Waals surface area contributed by atoms with E-state index in [4.69, 9.17) is 23.2 Å². The summed E-state index contributed by atoms with van der Waals surface area (Å²) < 4.78 is 0. The first-order valence-corrected chi connectivity index (χ1v) is 9.32. The van der Waals surface area contributed by atoms with Crippen LogP contribution in [0.25, 0.3) is 6.08 Å². The largest absolute Gasteiger partial charge is 0.506 e. The van der Waals surface area contributed by atoms with Gasteiger partial charge in [-0.05, 0) is 42.3 Å². The van der Waals surface area contributed by atoms with Crippen molar-refractivity contribution in [1.29, 1.82) is 0 Å². The second-order valence-electron chi connectivity index (χ2n) is 5.50. The van der Waals surface area contributed by atoms with Crippen LogP contribution in [0.2, 0.25) is 10.0 Å². The zero-order chi connectivity index (χ0) is 18.0. The van der Waals surface area contributed by atoms with E-state index in [1.807, 2.05) is 24.3 Å². The number of benzene rings is 2. The molecule has 1 saturated heterocycles. The van der Waals surface area contributed by atoms with Crippen molar-refractivity contribution in [2.24, 2.45) is 0 Å². The maximum atomic E-state index is 12.2. The van der Waals surface area contributed by atoms with Crippen LogP contribution in [-0.4, -0.2) is 16.5 Å². The monoisotopic (exact) mass is 394 g/mol. The number of hydrogen-bond acceptors (Lipinski definition) is 4. The molecule has 2 aromatic carbocycles. The normalized spacial score (nSPS) is 18.4. The molecule has 1 atom stereocenters. The van der Waals surface area contributed by atoms with Crippen LogP contribution in [-0.2, 0) is 11.2 Å². The van der Waals surface area contributed by atoms with Gasteiger partial charge >= 0.3 is 0 Å². The van der Waals surface area contributed by atoms with Gasteiger partial charge in [-0.25, -0.2) is 0 Å². The van der Waals surface area contributed by atoms with E-state index in [-0.39, 0.29) is 22.2 Å². The first kappa shape index (κ1) is 18.0. The van der Waals surface area contributed by atoms with Gasteiger partial charge in [0.15, 0.2) is 5.50 Å². The molecule has 0 aromatic heterocycles. The predicted octanol–water partition coefficient (Wildman–Crippen LogP) is 4.86. The molecule has 0 saturated carbocycles. The SMILES string of the molecule is CCc1ccc(N[C@H]2NC(=O)/C(=C/c3cc(Cl)cc(Cl)c3O)S2)cc1.